The Hall–Kier alpha value is -4.06. The van der Waals surface area contributed by atoms with E-state index in [1.807, 2.05) is 6.20 Å². The van der Waals surface area contributed by atoms with Crippen molar-refractivity contribution >= 4 is 38.9 Å². The first kappa shape index (κ1) is 31.4. The van der Waals surface area contributed by atoms with Crippen molar-refractivity contribution in [2.24, 2.45) is 0 Å². The van der Waals surface area contributed by atoms with Gasteiger partial charge in [0.1, 0.15) is 16.4 Å². The molecule has 0 radical (unpaired) electrons. The van der Waals surface area contributed by atoms with Crippen LogP contribution in [0.1, 0.15) is 37.8 Å². The zero-order valence-electron chi connectivity index (χ0n) is 25.1. The van der Waals surface area contributed by atoms with Crippen molar-refractivity contribution in [3.05, 3.63) is 89.2 Å². The fraction of sp³-hybridized carbons (Fsp3) is 0.312. The van der Waals surface area contributed by atoms with E-state index in [0.717, 1.165) is 18.5 Å². The molecule has 1 amide bonds. The number of methoxy groups -OCH3 is 2. The summed E-state index contributed by atoms with van der Waals surface area (Å²) in [5, 5.41) is 7.84. The molecule has 3 aromatic carbocycles. The first-order valence-corrected chi connectivity index (χ1v) is 16.2. The highest BCUT2D eigenvalue weighted by atomic mass is 35.5. The summed E-state index contributed by atoms with van der Waals surface area (Å²) < 4.78 is 42.8. The molecule has 1 aliphatic heterocycles. The Balaban J connectivity index is 1.47. The van der Waals surface area contributed by atoms with Gasteiger partial charge >= 0.3 is 0 Å². The minimum Gasteiger partial charge on any atom is -0.497 e. The van der Waals surface area contributed by atoms with Gasteiger partial charge in [0, 0.05) is 41.0 Å². The van der Waals surface area contributed by atoms with Gasteiger partial charge in [0.05, 0.1) is 44.4 Å². The standard InChI is InChI=1S/C32H36ClN5O5S/c1-21-9-10-22(2)38(21)26-19-34-37(20-26)29-14-12-25(36-32(39)15-23-7-5-6-8-28(23)33)16-31(29)44(40,41)35-18-24-11-13-27(42-3)17-30(24)43-4/h5-8,11-14,16-17,19-22,35H,9-10,15,18H2,1-4H3,(H,36,39). The van der Waals surface area contributed by atoms with Crippen molar-refractivity contribution in [3.8, 4) is 17.2 Å². The summed E-state index contributed by atoms with van der Waals surface area (Å²) in [5.74, 6) is 0.744. The van der Waals surface area contributed by atoms with Crippen molar-refractivity contribution in [2.75, 3.05) is 24.4 Å². The van der Waals surface area contributed by atoms with Crippen LogP contribution in [0.2, 0.25) is 5.02 Å². The lowest BCUT2D eigenvalue weighted by molar-refractivity contribution is -0.115. The van der Waals surface area contributed by atoms with Crippen molar-refractivity contribution in [1.82, 2.24) is 14.5 Å². The Labute approximate surface area is 263 Å². The van der Waals surface area contributed by atoms with E-state index in [1.165, 1.54) is 13.2 Å². The summed E-state index contributed by atoms with van der Waals surface area (Å²) in [5.41, 5.74) is 2.87. The molecule has 0 spiro atoms. The highest BCUT2D eigenvalue weighted by molar-refractivity contribution is 7.89. The Morgan fingerprint density at radius 3 is 2.45 bits per heavy atom. The molecule has 1 aliphatic rings. The molecule has 4 aromatic rings. The van der Waals surface area contributed by atoms with Gasteiger partial charge in [-0.25, -0.2) is 17.8 Å². The number of hydrogen-bond acceptors (Lipinski definition) is 7. The molecule has 2 atom stereocenters. The number of nitrogens with one attached hydrogen (secondary N) is 2. The third-order valence-corrected chi connectivity index (χ3v) is 9.65. The average molecular weight is 638 g/mol. The lowest BCUT2D eigenvalue weighted by Crippen LogP contribution is -2.32. The van der Waals surface area contributed by atoms with Crippen LogP contribution in [0.25, 0.3) is 5.69 Å². The number of halogens is 1. The summed E-state index contributed by atoms with van der Waals surface area (Å²) in [7, 11) is -1.06. The molecular formula is C32H36ClN5O5S. The number of rotatable bonds is 11. The SMILES string of the molecule is COc1ccc(CNS(=O)(=O)c2cc(NC(=O)Cc3ccccc3Cl)ccc2-n2cc(N3C(C)CCC3C)cn2)c(OC)c1. The molecule has 2 N–H and O–H groups in total. The van der Waals surface area contributed by atoms with Crippen LogP contribution in [0.4, 0.5) is 11.4 Å². The molecule has 1 saturated heterocycles. The number of aromatic nitrogens is 2. The second-order valence-electron chi connectivity index (χ2n) is 10.8. The molecule has 232 valence electrons. The highest BCUT2D eigenvalue weighted by Crippen LogP contribution is 2.32. The summed E-state index contributed by atoms with van der Waals surface area (Å²) in [6, 6.07) is 17.7. The van der Waals surface area contributed by atoms with Crippen LogP contribution >= 0.6 is 11.6 Å². The molecule has 0 saturated carbocycles. The summed E-state index contributed by atoms with van der Waals surface area (Å²) in [6.45, 7) is 4.31. The number of sulfonamides is 1. The van der Waals surface area contributed by atoms with Gasteiger partial charge in [0.2, 0.25) is 15.9 Å². The molecule has 2 unspecified atom stereocenters. The number of carbonyl (C=O) groups is 1. The summed E-state index contributed by atoms with van der Waals surface area (Å²) in [6.07, 6.45) is 5.78. The average Bonchev–Trinajstić information content (AvgIpc) is 3.62. The van der Waals surface area contributed by atoms with Crippen molar-refractivity contribution in [3.63, 3.8) is 0 Å². The van der Waals surface area contributed by atoms with Gasteiger partial charge in [0.25, 0.3) is 0 Å². The van der Waals surface area contributed by atoms with Crippen molar-refractivity contribution in [2.45, 2.75) is 56.6 Å². The van der Waals surface area contributed by atoms with Crippen LogP contribution in [0.15, 0.2) is 78.0 Å². The maximum Gasteiger partial charge on any atom is 0.243 e. The fourth-order valence-corrected chi connectivity index (χ4v) is 6.97. The molecule has 10 nitrogen and oxygen atoms in total. The van der Waals surface area contributed by atoms with E-state index in [1.54, 1.807) is 72.6 Å². The second-order valence-corrected chi connectivity index (χ2v) is 13.0. The number of amides is 1. The van der Waals surface area contributed by atoms with Crippen LogP contribution in [0, 0.1) is 0 Å². The number of benzene rings is 3. The first-order chi connectivity index (χ1) is 21.1. The second kappa shape index (κ2) is 13.3. The van der Waals surface area contributed by atoms with E-state index < -0.39 is 10.0 Å². The van der Waals surface area contributed by atoms with Gasteiger partial charge in [-0.1, -0.05) is 35.9 Å². The predicted molar refractivity (Wildman–Crippen MR) is 172 cm³/mol. The predicted octanol–water partition coefficient (Wildman–Crippen LogP) is 5.58. The number of carbonyl (C=O) groups excluding carboxylic acids is 1. The highest BCUT2D eigenvalue weighted by Gasteiger charge is 2.29. The van der Waals surface area contributed by atoms with Crippen molar-refractivity contribution in [1.29, 1.82) is 0 Å². The largest absolute Gasteiger partial charge is 0.497 e. The Kier molecular flexibility index (Phi) is 9.48. The maximum atomic E-state index is 13.9. The van der Waals surface area contributed by atoms with E-state index in [0.29, 0.717) is 51.1 Å². The zero-order chi connectivity index (χ0) is 31.4. The fourth-order valence-electron chi connectivity index (χ4n) is 5.55. The summed E-state index contributed by atoms with van der Waals surface area (Å²) in [4.78, 5) is 15.2. The minimum atomic E-state index is -4.12. The first-order valence-electron chi connectivity index (χ1n) is 14.3. The lowest BCUT2D eigenvalue weighted by atomic mass is 10.1. The van der Waals surface area contributed by atoms with Gasteiger partial charge in [-0.05, 0) is 62.6 Å². The lowest BCUT2D eigenvalue weighted by Gasteiger charge is -2.26. The van der Waals surface area contributed by atoms with Crippen LogP contribution in [-0.4, -0.2) is 50.4 Å². The quantitative estimate of drug-likeness (QED) is 0.221. The number of nitrogens with zero attached hydrogens (tertiary/aromatic N) is 3. The van der Waals surface area contributed by atoms with Crippen LogP contribution < -0.4 is 24.4 Å². The Bertz CT molecular complexity index is 1750. The van der Waals surface area contributed by atoms with E-state index in [4.69, 9.17) is 21.1 Å². The smallest absolute Gasteiger partial charge is 0.243 e. The zero-order valence-corrected chi connectivity index (χ0v) is 26.7. The number of hydrogen-bond donors (Lipinski definition) is 2. The number of ether oxygens (including phenoxy) is 2. The molecule has 1 fully saturated rings. The van der Waals surface area contributed by atoms with E-state index in [2.05, 4.69) is 33.9 Å². The normalized spacial score (nSPS) is 16.6. The molecule has 1 aromatic heterocycles. The minimum absolute atomic E-state index is 0.0355. The topological polar surface area (TPSA) is 115 Å². The number of anilines is 2. The van der Waals surface area contributed by atoms with Gasteiger partial charge in [0.15, 0.2) is 0 Å². The van der Waals surface area contributed by atoms with Gasteiger partial charge < -0.3 is 19.7 Å². The van der Waals surface area contributed by atoms with E-state index >= 15 is 0 Å². The Morgan fingerprint density at radius 2 is 1.75 bits per heavy atom. The van der Waals surface area contributed by atoms with Crippen LogP contribution in [0.5, 0.6) is 11.5 Å². The molecule has 12 heteroatoms. The van der Waals surface area contributed by atoms with E-state index in [9.17, 15) is 13.2 Å². The molecular weight excluding hydrogens is 602 g/mol. The van der Waals surface area contributed by atoms with E-state index in [-0.39, 0.29) is 23.8 Å². The molecule has 0 aliphatic carbocycles. The maximum absolute atomic E-state index is 13.9. The van der Waals surface area contributed by atoms with Crippen LogP contribution in [0.3, 0.4) is 0 Å². The third kappa shape index (κ3) is 6.85. The molecule has 2 heterocycles. The molecule has 0 bridgehead atoms. The third-order valence-electron chi connectivity index (χ3n) is 7.85. The molecule has 5 rings (SSSR count). The summed E-state index contributed by atoms with van der Waals surface area (Å²) >= 11 is 6.24. The van der Waals surface area contributed by atoms with Crippen LogP contribution in [-0.2, 0) is 27.8 Å². The van der Waals surface area contributed by atoms with Gasteiger partial charge in [-0.2, -0.15) is 5.10 Å². The van der Waals surface area contributed by atoms with Crippen molar-refractivity contribution < 1.29 is 22.7 Å². The van der Waals surface area contributed by atoms with Gasteiger partial charge in [-0.15, -0.1) is 0 Å². The Morgan fingerprint density at radius 1 is 1.00 bits per heavy atom. The molecule has 44 heavy (non-hydrogen) atoms. The van der Waals surface area contributed by atoms with Gasteiger partial charge in [-0.3, -0.25) is 4.79 Å². The monoisotopic (exact) mass is 637 g/mol.